The second-order valence-electron chi connectivity index (χ2n) is 6.28. The molecule has 0 aromatic carbocycles. The van der Waals surface area contributed by atoms with Gasteiger partial charge in [0.15, 0.2) is 5.16 Å². The van der Waals surface area contributed by atoms with Gasteiger partial charge in [-0.1, -0.05) is 11.8 Å². The first-order valence-corrected chi connectivity index (χ1v) is 10.2. The van der Waals surface area contributed by atoms with Crippen LogP contribution in [0, 0.1) is 0 Å². The summed E-state index contributed by atoms with van der Waals surface area (Å²) in [6.07, 6.45) is -0.390. The Kier molecular flexibility index (Phi) is 6.83. The Morgan fingerprint density at radius 1 is 1.35 bits per heavy atom. The fraction of sp³-hybridized carbons (Fsp3) is 0.389. The predicted octanol–water partition coefficient (Wildman–Crippen LogP) is 2.68. The molecule has 2 N–H and O–H groups in total. The molecule has 2 aromatic rings. The number of nitrogens with zero attached hydrogens (tertiary/aromatic N) is 4. The number of nitrogens with one attached hydrogen (secondary N) is 2. The SMILES string of the molecule is CCOC(=O)C1=C(CSc2nccc(C(F)(F)F)n2)NC(=O)NC1c1cnn(CC)c1. The van der Waals surface area contributed by atoms with E-state index in [1.54, 1.807) is 17.8 Å². The maximum Gasteiger partial charge on any atom is 0.433 e. The third-order valence-electron chi connectivity index (χ3n) is 4.23. The number of hydrogen-bond donors (Lipinski definition) is 2. The second-order valence-corrected chi connectivity index (χ2v) is 7.23. The molecule has 1 unspecified atom stereocenters. The van der Waals surface area contributed by atoms with Gasteiger partial charge in [-0.25, -0.2) is 19.6 Å². The minimum absolute atomic E-state index is 0.0543. The van der Waals surface area contributed by atoms with Gasteiger partial charge in [-0.3, -0.25) is 4.68 Å². The molecule has 1 aliphatic heterocycles. The fourth-order valence-corrected chi connectivity index (χ4v) is 3.64. The zero-order valence-corrected chi connectivity index (χ0v) is 17.4. The monoisotopic (exact) mass is 456 g/mol. The van der Waals surface area contributed by atoms with Crippen LogP contribution in [0.15, 0.2) is 41.1 Å². The number of aromatic nitrogens is 4. The molecule has 3 heterocycles. The highest BCUT2D eigenvalue weighted by atomic mass is 32.2. The second kappa shape index (κ2) is 9.37. The maximum atomic E-state index is 12.9. The molecule has 2 amide bonds. The Morgan fingerprint density at radius 2 is 2.13 bits per heavy atom. The normalized spacial score (nSPS) is 16.7. The van der Waals surface area contributed by atoms with Crippen molar-refractivity contribution >= 4 is 23.8 Å². The van der Waals surface area contributed by atoms with Gasteiger partial charge in [-0.2, -0.15) is 18.3 Å². The molecule has 2 aromatic heterocycles. The first-order valence-electron chi connectivity index (χ1n) is 9.26. The van der Waals surface area contributed by atoms with E-state index < -0.39 is 29.9 Å². The molecule has 3 rings (SSSR count). The number of esters is 1. The summed E-state index contributed by atoms with van der Waals surface area (Å²) in [5, 5.41) is 9.23. The van der Waals surface area contributed by atoms with E-state index in [0.717, 1.165) is 24.0 Å². The molecule has 0 saturated carbocycles. The third kappa shape index (κ3) is 5.34. The van der Waals surface area contributed by atoms with Crippen molar-refractivity contribution in [3.8, 4) is 0 Å². The van der Waals surface area contributed by atoms with Crippen LogP contribution >= 0.6 is 11.8 Å². The number of alkyl halides is 3. The first kappa shape index (κ1) is 22.6. The van der Waals surface area contributed by atoms with Crippen molar-refractivity contribution in [3.63, 3.8) is 0 Å². The Labute approximate surface area is 179 Å². The van der Waals surface area contributed by atoms with Crippen molar-refractivity contribution in [1.29, 1.82) is 0 Å². The molecule has 9 nitrogen and oxygen atoms in total. The lowest BCUT2D eigenvalue weighted by atomic mass is 9.98. The topological polar surface area (TPSA) is 111 Å². The number of halogens is 3. The summed E-state index contributed by atoms with van der Waals surface area (Å²) in [4.78, 5) is 32.2. The van der Waals surface area contributed by atoms with Crippen LogP contribution in [0.4, 0.5) is 18.0 Å². The molecule has 31 heavy (non-hydrogen) atoms. The summed E-state index contributed by atoms with van der Waals surface area (Å²) in [6, 6.07) is -0.629. The van der Waals surface area contributed by atoms with Crippen LogP contribution in [0.25, 0.3) is 0 Å². The molecular weight excluding hydrogens is 437 g/mol. The van der Waals surface area contributed by atoms with E-state index >= 15 is 0 Å². The minimum Gasteiger partial charge on any atom is -0.463 e. The molecule has 1 atom stereocenters. The molecule has 166 valence electrons. The summed E-state index contributed by atoms with van der Waals surface area (Å²) < 4.78 is 45.5. The first-order chi connectivity index (χ1) is 14.7. The van der Waals surface area contributed by atoms with Crippen LogP contribution in [-0.4, -0.2) is 44.1 Å². The standard InChI is InChI=1S/C18H19F3N6O3S/c1-3-27-8-10(7-23-27)14-13(15(28)30-4-2)11(24-16(29)26-14)9-31-17-22-6-5-12(25-17)18(19,20)21/h5-8,14H,3-4,9H2,1-2H3,(H2,24,26,29). The van der Waals surface area contributed by atoms with E-state index in [9.17, 15) is 22.8 Å². The number of thioether (sulfide) groups is 1. The average Bonchev–Trinajstić information content (AvgIpc) is 3.21. The number of carbonyl (C=O) groups excluding carboxylic acids is 2. The zero-order chi connectivity index (χ0) is 22.6. The lowest BCUT2D eigenvalue weighted by Gasteiger charge is -2.28. The van der Waals surface area contributed by atoms with Crippen LogP contribution < -0.4 is 10.6 Å². The largest absolute Gasteiger partial charge is 0.463 e. The van der Waals surface area contributed by atoms with Crippen molar-refractivity contribution in [2.24, 2.45) is 0 Å². The lowest BCUT2D eigenvalue weighted by Crippen LogP contribution is -2.46. The van der Waals surface area contributed by atoms with E-state index in [1.807, 2.05) is 6.92 Å². The molecule has 0 aliphatic carbocycles. The van der Waals surface area contributed by atoms with Crippen LogP contribution in [0.2, 0.25) is 0 Å². The summed E-state index contributed by atoms with van der Waals surface area (Å²) in [5.74, 6) is -0.716. The zero-order valence-electron chi connectivity index (χ0n) is 16.6. The van der Waals surface area contributed by atoms with E-state index in [-0.39, 0.29) is 28.8 Å². The van der Waals surface area contributed by atoms with Gasteiger partial charge < -0.3 is 15.4 Å². The van der Waals surface area contributed by atoms with E-state index in [0.29, 0.717) is 12.1 Å². The van der Waals surface area contributed by atoms with Gasteiger partial charge in [-0.15, -0.1) is 0 Å². The number of aryl methyl sites for hydroxylation is 1. The molecule has 0 fully saturated rings. The van der Waals surface area contributed by atoms with Crippen molar-refractivity contribution in [2.45, 2.75) is 37.8 Å². The number of rotatable bonds is 7. The van der Waals surface area contributed by atoms with Gasteiger partial charge in [0, 0.05) is 36.0 Å². The lowest BCUT2D eigenvalue weighted by molar-refractivity contribution is -0.141. The summed E-state index contributed by atoms with van der Waals surface area (Å²) in [5.41, 5.74) is -0.180. The van der Waals surface area contributed by atoms with E-state index in [2.05, 4.69) is 25.7 Å². The molecular formula is C18H19F3N6O3S. The van der Waals surface area contributed by atoms with Crippen molar-refractivity contribution in [1.82, 2.24) is 30.4 Å². The summed E-state index contributed by atoms with van der Waals surface area (Å²) >= 11 is 0.854. The molecule has 0 saturated heterocycles. The Balaban J connectivity index is 1.93. The fourth-order valence-electron chi connectivity index (χ4n) is 2.84. The Hall–Kier alpha value is -3.09. The average molecular weight is 456 g/mol. The summed E-state index contributed by atoms with van der Waals surface area (Å²) in [7, 11) is 0. The molecule has 0 radical (unpaired) electrons. The maximum absolute atomic E-state index is 12.9. The van der Waals surface area contributed by atoms with Gasteiger partial charge >= 0.3 is 18.2 Å². The molecule has 1 aliphatic rings. The number of ether oxygens (including phenoxy) is 1. The van der Waals surface area contributed by atoms with Crippen LogP contribution in [0.3, 0.4) is 0 Å². The van der Waals surface area contributed by atoms with Gasteiger partial charge in [0.1, 0.15) is 5.69 Å². The van der Waals surface area contributed by atoms with E-state index in [1.165, 1.54) is 6.20 Å². The number of carbonyl (C=O) groups is 2. The molecule has 0 bridgehead atoms. The van der Waals surface area contributed by atoms with Gasteiger partial charge in [0.25, 0.3) is 0 Å². The highest BCUT2D eigenvalue weighted by Crippen LogP contribution is 2.31. The minimum atomic E-state index is -4.61. The number of urea groups is 1. The van der Waals surface area contributed by atoms with Gasteiger partial charge in [0.2, 0.25) is 0 Å². The van der Waals surface area contributed by atoms with Crippen molar-refractivity contribution < 1.29 is 27.5 Å². The Bertz CT molecular complexity index is 1010. The van der Waals surface area contributed by atoms with Crippen LogP contribution in [-0.2, 0) is 22.3 Å². The van der Waals surface area contributed by atoms with Crippen molar-refractivity contribution in [2.75, 3.05) is 12.4 Å². The molecule has 13 heteroatoms. The van der Waals surface area contributed by atoms with Crippen molar-refractivity contribution in [3.05, 3.63) is 47.2 Å². The number of hydrogen-bond acceptors (Lipinski definition) is 7. The highest BCUT2D eigenvalue weighted by molar-refractivity contribution is 7.99. The predicted molar refractivity (Wildman–Crippen MR) is 104 cm³/mol. The van der Waals surface area contributed by atoms with Crippen LogP contribution in [0.5, 0.6) is 0 Å². The third-order valence-corrected chi connectivity index (χ3v) is 5.12. The molecule has 0 spiro atoms. The van der Waals surface area contributed by atoms with Gasteiger partial charge in [0.05, 0.1) is 24.4 Å². The Morgan fingerprint density at radius 3 is 2.77 bits per heavy atom. The summed E-state index contributed by atoms with van der Waals surface area (Å²) in [6.45, 7) is 4.22. The quantitative estimate of drug-likeness (QED) is 0.374. The highest BCUT2D eigenvalue weighted by Gasteiger charge is 2.35. The smallest absolute Gasteiger partial charge is 0.433 e. The van der Waals surface area contributed by atoms with E-state index in [4.69, 9.17) is 4.74 Å². The van der Waals surface area contributed by atoms with Gasteiger partial charge in [-0.05, 0) is 19.9 Å². The van der Waals surface area contributed by atoms with Crippen LogP contribution in [0.1, 0.15) is 31.1 Å². The number of amides is 2.